The molecule has 0 saturated carbocycles. The third kappa shape index (κ3) is 3.70. The summed E-state index contributed by atoms with van der Waals surface area (Å²) >= 11 is 0. The van der Waals surface area contributed by atoms with Crippen molar-refractivity contribution in [3.8, 4) is 0 Å². The molecular weight excluding hydrogens is 318 g/mol. The first-order valence-corrected chi connectivity index (χ1v) is 9.53. The van der Waals surface area contributed by atoms with Crippen LogP contribution in [0.5, 0.6) is 0 Å². The zero-order chi connectivity index (χ0) is 16.5. The Labute approximate surface area is 136 Å². The summed E-state index contributed by atoms with van der Waals surface area (Å²) in [5.41, 5.74) is 0.0991. The van der Waals surface area contributed by atoms with Crippen molar-refractivity contribution in [3.63, 3.8) is 0 Å². The predicted octanol–water partition coefficient (Wildman–Crippen LogP) is 0.395. The summed E-state index contributed by atoms with van der Waals surface area (Å²) in [6, 6.07) is 3.33. The molecule has 1 spiro atoms. The number of carbonyl (C=O) groups is 1. The standard InChI is InChI=1S/C15H21N3O4S/c1-23(20,21)18-8-5-15(11-18)10-13(4-9-22-15)17-14(19)12-2-6-16-7-3-12/h2-3,6-7,13H,4-5,8-11H2,1H3,(H,17,19)/t13-,15-/m1/s1. The minimum absolute atomic E-state index is 0.0103. The number of rotatable bonds is 3. The molecule has 7 nitrogen and oxygen atoms in total. The molecule has 1 aromatic rings. The molecule has 126 valence electrons. The molecule has 2 fully saturated rings. The molecule has 0 bridgehead atoms. The number of nitrogens with zero attached hydrogens (tertiary/aromatic N) is 2. The lowest BCUT2D eigenvalue weighted by Gasteiger charge is -2.38. The Morgan fingerprint density at radius 2 is 2.17 bits per heavy atom. The van der Waals surface area contributed by atoms with Gasteiger partial charge in [-0.1, -0.05) is 0 Å². The molecule has 0 aromatic carbocycles. The Kier molecular flexibility index (Phi) is 4.39. The number of nitrogens with one attached hydrogen (secondary N) is 1. The van der Waals surface area contributed by atoms with E-state index in [2.05, 4.69) is 10.3 Å². The average Bonchev–Trinajstić information content (AvgIpc) is 2.92. The van der Waals surface area contributed by atoms with Crippen LogP contribution in [-0.2, 0) is 14.8 Å². The molecule has 3 heterocycles. The van der Waals surface area contributed by atoms with Crippen LogP contribution in [0.25, 0.3) is 0 Å². The van der Waals surface area contributed by atoms with Gasteiger partial charge >= 0.3 is 0 Å². The van der Waals surface area contributed by atoms with Gasteiger partial charge in [-0.25, -0.2) is 8.42 Å². The lowest BCUT2D eigenvalue weighted by molar-refractivity contribution is -0.0761. The first kappa shape index (κ1) is 16.4. The maximum Gasteiger partial charge on any atom is 0.251 e. The highest BCUT2D eigenvalue weighted by Gasteiger charge is 2.45. The zero-order valence-electron chi connectivity index (χ0n) is 13.1. The second-order valence-corrected chi connectivity index (χ2v) is 8.26. The molecule has 2 saturated heterocycles. The lowest BCUT2D eigenvalue weighted by Crippen LogP contribution is -2.50. The van der Waals surface area contributed by atoms with Gasteiger partial charge in [-0.2, -0.15) is 4.31 Å². The fraction of sp³-hybridized carbons (Fsp3) is 0.600. The van der Waals surface area contributed by atoms with Gasteiger partial charge in [0.1, 0.15) is 0 Å². The van der Waals surface area contributed by atoms with Crippen molar-refractivity contribution in [3.05, 3.63) is 30.1 Å². The van der Waals surface area contributed by atoms with Crippen molar-refractivity contribution in [1.29, 1.82) is 0 Å². The largest absolute Gasteiger partial charge is 0.373 e. The van der Waals surface area contributed by atoms with Gasteiger partial charge < -0.3 is 10.1 Å². The quantitative estimate of drug-likeness (QED) is 0.861. The van der Waals surface area contributed by atoms with E-state index in [9.17, 15) is 13.2 Å². The van der Waals surface area contributed by atoms with Crippen molar-refractivity contribution in [2.75, 3.05) is 26.0 Å². The molecule has 1 N–H and O–H groups in total. The van der Waals surface area contributed by atoms with Gasteiger partial charge in [0.15, 0.2) is 0 Å². The van der Waals surface area contributed by atoms with Crippen LogP contribution >= 0.6 is 0 Å². The van der Waals surface area contributed by atoms with E-state index < -0.39 is 15.6 Å². The van der Waals surface area contributed by atoms with Gasteiger partial charge in [-0.15, -0.1) is 0 Å². The normalized spacial score (nSPS) is 28.8. The lowest BCUT2D eigenvalue weighted by atomic mass is 9.89. The van der Waals surface area contributed by atoms with Crippen LogP contribution in [0.4, 0.5) is 0 Å². The Morgan fingerprint density at radius 3 is 2.83 bits per heavy atom. The summed E-state index contributed by atoms with van der Waals surface area (Å²) in [4.78, 5) is 16.2. The molecule has 2 aliphatic heterocycles. The Hall–Kier alpha value is -1.51. The topological polar surface area (TPSA) is 88.6 Å². The van der Waals surface area contributed by atoms with E-state index in [1.54, 1.807) is 24.5 Å². The number of hydrogen-bond acceptors (Lipinski definition) is 5. The number of hydrogen-bond donors (Lipinski definition) is 1. The van der Waals surface area contributed by atoms with Crippen molar-refractivity contribution in [2.24, 2.45) is 0 Å². The minimum Gasteiger partial charge on any atom is -0.373 e. The van der Waals surface area contributed by atoms with Crippen LogP contribution in [0.2, 0.25) is 0 Å². The number of carbonyl (C=O) groups excluding carboxylic acids is 1. The molecule has 8 heteroatoms. The summed E-state index contributed by atoms with van der Waals surface area (Å²) < 4.78 is 30.8. The Morgan fingerprint density at radius 1 is 1.43 bits per heavy atom. The van der Waals surface area contributed by atoms with E-state index in [4.69, 9.17) is 4.74 Å². The van der Waals surface area contributed by atoms with E-state index in [1.807, 2.05) is 0 Å². The minimum atomic E-state index is -3.20. The Balaban J connectivity index is 1.64. The van der Waals surface area contributed by atoms with Crippen molar-refractivity contribution >= 4 is 15.9 Å². The molecule has 23 heavy (non-hydrogen) atoms. The maximum atomic E-state index is 12.3. The number of ether oxygens (including phenoxy) is 1. The van der Waals surface area contributed by atoms with Crippen LogP contribution in [0, 0.1) is 0 Å². The van der Waals surface area contributed by atoms with Crippen LogP contribution < -0.4 is 5.32 Å². The first-order chi connectivity index (χ1) is 10.9. The molecule has 1 amide bonds. The van der Waals surface area contributed by atoms with Gasteiger partial charge in [0.2, 0.25) is 10.0 Å². The van der Waals surface area contributed by atoms with Crippen LogP contribution in [0.1, 0.15) is 29.6 Å². The van der Waals surface area contributed by atoms with Crippen molar-refractivity contribution in [2.45, 2.75) is 30.9 Å². The zero-order valence-corrected chi connectivity index (χ0v) is 13.9. The average molecular weight is 339 g/mol. The van der Waals surface area contributed by atoms with Gasteiger partial charge in [0.25, 0.3) is 5.91 Å². The molecular formula is C15H21N3O4S. The van der Waals surface area contributed by atoms with Crippen LogP contribution in [0.3, 0.4) is 0 Å². The molecule has 3 rings (SSSR count). The molecule has 0 aliphatic carbocycles. The highest BCUT2D eigenvalue weighted by Crippen LogP contribution is 2.35. The van der Waals surface area contributed by atoms with Gasteiger partial charge in [0.05, 0.1) is 11.9 Å². The van der Waals surface area contributed by atoms with Crippen molar-refractivity contribution < 1.29 is 17.9 Å². The van der Waals surface area contributed by atoms with Crippen molar-refractivity contribution in [1.82, 2.24) is 14.6 Å². The molecule has 0 radical (unpaired) electrons. The van der Waals surface area contributed by atoms with Gasteiger partial charge in [-0.05, 0) is 31.4 Å². The van der Waals surface area contributed by atoms with E-state index in [1.165, 1.54) is 10.6 Å². The molecule has 2 aliphatic rings. The van der Waals surface area contributed by atoms with Gasteiger partial charge in [-0.3, -0.25) is 9.78 Å². The second kappa shape index (κ2) is 6.18. The van der Waals surface area contributed by atoms with Crippen LogP contribution in [0.15, 0.2) is 24.5 Å². The Bertz CT molecular complexity index is 679. The summed E-state index contributed by atoms with van der Waals surface area (Å²) in [6.07, 6.45) is 6.43. The van der Waals surface area contributed by atoms with E-state index in [0.29, 0.717) is 38.1 Å². The van der Waals surface area contributed by atoms with E-state index >= 15 is 0 Å². The SMILES string of the molecule is CS(=O)(=O)N1CC[C@@]2(C[C@H](NC(=O)c3ccncc3)CCO2)C1. The number of aromatic nitrogens is 1. The number of pyridine rings is 1. The van der Waals surface area contributed by atoms with E-state index in [0.717, 1.165) is 6.42 Å². The molecule has 0 unspecified atom stereocenters. The fourth-order valence-electron chi connectivity index (χ4n) is 3.30. The third-order valence-corrected chi connectivity index (χ3v) is 5.77. The summed E-state index contributed by atoms with van der Waals surface area (Å²) in [5.74, 6) is -0.132. The smallest absolute Gasteiger partial charge is 0.251 e. The number of amides is 1. The molecule has 2 atom stereocenters. The highest BCUT2D eigenvalue weighted by atomic mass is 32.2. The first-order valence-electron chi connectivity index (χ1n) is 7.68. The maximum absolute atomic E-state index is 12.3. The molecule has 1 aromatic heterocycles. The third-order valence-electron chi connectivity index (χ3n) is 4.52. The van der Waals surface area contributed by atoms with Crippen LogP contribution in [-0.4, -0.2) is 61.2 Å². The second-order valence-electron chi connectivity index (χ2n) is 6.28. The van der Waals surface area contributed by atoms with E-state index in [-0.39, 0.29) is 11.9 Å². The fourth-order valence-corrected chi connectivity index (χ4v) is 4.19. The highest BCUT2D eigenvalue weighted by molar-refractivity contribution is 7.88. The number of sulfonamides is 1. The van der Waals surface area contributed by atoms with Gasteiger partial charge in [0, 0.05) is 43.7 Å². The summed E-state index contributed by atoms with van der Waals surface area (Å²) in [6.45, 7) is 1.37. The summed E-state index contributed by atoms with van der Waals surface area (Å²) in [7, 11) is -3.20. The summed E-state index contributed by atoms with van der Waals surface area (Å²) in [5, 5.41) is 3.03. The predicted molar refractivity (Wildman–Crippen MR) is 84.4 cm³/mol. The monoisotopic (exact) mass is 339 g/mol.